The van der Waals surface area contributed by atoms with Gasteiger partial charge in [-0.15, -0.1) is 0 Å². The summed E-state index contributed by atoms with van der Waals surface area (Å²) in [6, 6.07) is 21.2. The monoisotopic (exact) mass is 481 g/mol. The molecule has 1 aromatic heterocycles. The molecule has 8 nitrogen and oxygen atoms in total. The molecule has 0 spiro atoms. The van der Waals surface area contributed by atoms with E-state index in [1.54, 1.807) is 6.92 Å². The number of carbonyl (C=O) groups is 1. The van der Waals surface area contributed by atoms with Crippen molar-refractivity contribution in [2.45, 2.75) is 40.7 Å². The van der Waals surface area contributed by atoms with E-state index in [2.05, 4.69) is 36.2 Å². The van der Waals surface area contributed by atoms with Gasteiger partial charge < -0.3 is 21.3 Å². The van der Waals surface area contributed by atoms with Gasteiger partial charge in [0.05, 0.1) is 0 Å². The van der Waals surface area contributed by atoms with Gasteiger partial charge in [-0.2, -0.15) is 15.0 Å². The molecule has 1 heterocycles. The van der Waals surface area contributed by atoms with Crippen LogP contribution in [0.15, 0.2) is 66.7 Å². The van der Waals surface area contributed by atoms with E-state index in [1.807, 2.05) is 94.4 Å². The Morgan fingerprint density at radius 3 is 1.64 bits per heavy atom. The van der Waals surface area contributed by atoms with Gasteiger partial charge in [-0.3, -0.25) is 4.79 Å². The molecule has 0 saturated heterocycles. The van der Waals surface area contributed by atoms with E-state index in [1.165, 1.54) is 0 Å². The second kappa shape index (κ2) is 10.9. The summed E-state index contributed by atoms with van der Waals surface area (Å²) >= 11 is 0. The number of aromatic nitrogens is 3. The molecule has 0 aliphatic rings. The highest BCUT2D eigenvalue weighted by Crippen LogP contribution is 2.21. The topological polar surface area (TPSA) is 104 Å². The van der Waals surface area contributed by atoms with Crippen LogP contribution >= 0.6 is 0 Å². The van der Waals surface area contributed by atoms with Gasteiger partial charge in [0.1, 0.15) is 6.04 Å². The van der Waals surface area contributed by atoms with Crippen molar-refractivity contribution >= 4 is 40.8 Å². The maximum Gasteiger partial charge on any atom is 0.246 e. The van der Waals surface area contributed by atoms with Gasteiger partial charge in [0, 0.05) is 17.1 Å². The quantitative estimate of drug-likeness (QED) is 0.243. The van der Waals surface area contributed by atoms with Crippen molar-refractivity contribution in [3.05, 3.63) is 89.0 Å². The normalized spacial score (nSPS) is 11.5. The average Bonchev–Trinajstić information content (AvgIpc) is 2.83. The van der Waals surface area contributed by atoms with Crippen molar-refractivity contribution in [3.63, 3.8) is 0 Å². The van der Waals surface area contributed by atoms with Crippen molar-refractivity contribution in [3.8, 4) is 0 Å². The first-order valence-electron chi connectivity index (χ1n) is 11.8. The van der Waals surface area contributed by atoms with E-state index in [4.69, 9.17) is 0 Å². The van der Waals surface area contributed by atoms with Gasteiger partial charge >= 0.3 is 0 Å². The molecule has 4 aromatic rings. The molecule has 3 aromatic carbocycles. The van der Waals surface area contributed by atoms with E-state index >= 15 is 0 Å². The first-order valence-corrected chi connectivity index (χ1v) is 11.8. The fourth-order valence-corrected chi connectivity index (χ4v) is 3.54. The second-order valence-electron chi connectivity index (χ2n) is 8.96. The lowest BCUT2D eigenvalue weighted by Crippen LogP contribution is -2.33. The Labute approximate surface area is 211 Å². The average molecular weight is 482 g/mol. The van der Waals surface area contributed by atoms with Crippen molar-refractivity contribution in [2.24, 2.45) is 0 Å². The van der Waals surface area contributed by atoms with Crippen molar-refractivity contribution in [1.82, 2.24) is 15.0 Å². The molecule has 1 amide bonds. The summed E-state index contributed by atoms with van der Waals surface area (Å²) in [5.74, 6) is 0.793. The lowest BCUT2D eigenvalue weighted by molar-refractivity contribution is -0.116. The molecular weight excluding hydrogens is 450 g/mol. The summed E-state index contributed by atoms with van der Waals surface area (Å²) < 4.78 is 0. The molecule has 8 heteroatoms. The van der Waals surface area contributed by atoms with E-state index in [9.17, 15) is 4.79 Å². The van der Waals surface area contributed by atoms with Crippen molar-refractivity contribution in [1.29, 1.82) is 0 Å². The molecule has 4 rings (SSSR count). The van der Waals surface area contributed by atoms with Crippen LogP contribution in [-0.4, -0.2) is 26.9 Å². The summed E-state index contributed by atoms with van der Waals surface area (Å²) in [6.45, 7) is 9.82. The largest absolute Gasteiger partial charge is 0.342 e. The Kier molecular flexibility index (Phi) is 7.44. The number of hydrogen-bond donors (Lipinski definition) is 4. The van der Waals surface area contributed by atoms with Crippen LogP contribution in [0.2, 0.25) is 0 Å². The zero-order valence-corrected chi connectivity index (χ0v) is 21.2. The smallest absolute Gasteiger partial charge is 0.246 e. The Bertz CT molecular complexity index is 1290. The third-order valence-corrected chi connectivity index (χ3v) is 5.63. The minimum absolute atomic E-state index is 0.191. The minimum atomic E-state index is -0.590. The van der Waals surface area contributed by atoms with E-state index in [0.29, 0.717) is 11.9 Å². The lowest BCUT2D eigenvalue weighted by Gasteiger charge is -2.17. The van der Waals surface area contributed by atoms with Crippen molar-refractivity contribution < 1.29 is 4.79 Å². The minimum Gasteiger partial charge on any atom is -0.342 e. The second-order valence-corrected chi connectivity index (χ2v) is 8.96. The summed E-state index contributed by atoms with van der Waals surface area (Å²) in [5, 5.41) is 12.5. The summed E-state index contributed by atoms with van der Waals surface area (Å²) in [7, 11) is 0. The molecule has 0 radical (unpaired) electrons. The molecule has 36 heavy (non-hydrogen) atoms. The van der Waals surface area contributed by atoms with E-state index < -0.39 is 6.04 Å². The van der Waals surface area contributed by atoms with E-state index in [-0.39, 0.29) is 11.9 Å². The SMILES string of the molecule is Cc1ccc(Nc2nc(Nc3ccc(C)cc3)nc(N[C@@H](C)C(=O)Nc3ccc(C)cc3C)n2)cc1. The first kappa shape index (κ1) is 24.7. The zero-order valence-electron chi connectivity index (χ0n) is 21.2. The maximum atomic E-state index is 12.9. The Morgan fingerprint density at radius 2 is 1.14 bits per heavy atom. The highest BCUT2D eigenvalue weighted by Gasteiger charge is 2.17. The summed E-state index contributed by atoms with van der Waals surface area (Å²) in [6.07, 6.45) is 0. The zero-order chi connectivity index (χ0) is 25.7. The number of nitrogens with one attached hydrogen (secondary N) is 4. The number of anilines is 6. The number of nitrogens with zero attached hydrogens (tertiary/aromatic N) is 3. The molecule has 0 aliphatic carbocycles. The maximum absolute atomic E-state index is 12.9. The molecule has 0 aliphatic heterocycles. The highest BCUT2D eigenvalue weighted by atomic mass is 16.2. The Hall–Kier alpha value is -4.46. The number of carbonyl (C=O) groups excluding carboxylic acids is 1. The lowest BCUT2D eigenvalue weighted by atomic mass is 10.1. The molecule has 184 valence electrons. The van der Waals surface area contributed by atoms with Crippen LogP contribution in [-0.2, 0) is 4.79 Å². The van der Waals surface area contributed by atoms with Gasteiger partial charge in [0.25, 0.3) is 0 Å². The van der Waals surface area contributed by atoms with Gasteiger partial charge in [-0.05, 0) is 70.5 Å². The van der Waals surface area contributed by atoms with Crippen molar-refractivity contribution in [2.75, 3.05) is 21.3 Å². The predicted octanol–water partition coefficient (Wildman–Crippen LogP) is 6.03. The predicted molar refractivity (Wildman–Crippen MR) is 146 cm³/mol. The fourth-order valence-electron chi connectivity index (χ4n) is 3.54. The molecule has 0 bridgehead atoms. The number of hydrogen-bond acceptors (Lipinski definition) is 7. The first-order chi connectivity index (χ1) is 17.2. The third-order valence-electron chi connectivity index (χ3n) is 5.63. The van der Waals surface area contributed by atoms with Crippen LogP contribution in [0, 0.1) is 27.7 Å². The number of benzene rings is 3. The van der Waals surface area contributed by atoms with Crippen LogP contribution in [0.1, 0.15) is 29.2 Å². The molecular formula is C28H31N7O. The van der Waals surface area contributed by atoms with Crippen LogP contribution in [0.5, 0.6) is 0 Å². The number of rotatable bonds is 8. The van der Waals surface area contributed by atoms with E-state index in [0.717, 1.165) is 39.3 Å². The van der Waals surface area contributed by atoms with Crippen LogP contribution in [0.3, 0.4) is 0 Å². The third kappa shape index (κ3) is 6.56. The highest BCUT2D eigenvalue weighted by molar-refractivity contribution is 5.96. The van der Waals surface area contributed by atoms with Crippen LogP contribution in [0.25, 0.3) is 0 Å². The van der Waals surface area contributed by atoms with Gasteiger partial charge in [-0.25, -0.2) is 0 Å². The van der Waals surface area contributed by atoms with Crippen LogP contribution in [0.4, 0.5) is 34.9 Å². The van der Waals surface area contributed by atoms with Gasteiger partial charge in [0.15, 0.2) is 0 Å². The van der Waals surface area contributed by atoms with Crippen LogP contribution < -0.4 is 21.3 Å². The molecule has 0 saturated carbocycles. The van der Waals surface area contributed by atoms with Gasteiger partial charge in [0.2, 0.25) is 23.8 Å². The fraction of sp³-hybridized carbons (Fsp3) is 0.214. The number of amides is 1. The molecule has 0 fully saturated rings. The molecule has 4 N–H and O–H groups in total. The summed E-state index contributed by atoms with van der Waals surface area (Å²) in [5.41, 5.74) is 6.93. The molecule has 1 atom stereocenters. The van der Waals surface area contributed by atoms with Gasteiger partial charge in [-0.1, -0.05) is 53.1 Å². The number of aryl methyl sites for hydroxylation is 4. The molecule has 0 unspecified atom stereocenters. The summed E-state index contributed by atoms with van der Waals surface area (Å²) in [4.78, 5) is 26.4. The Balaban J connectivity index is 1.55. The standard InChI is InChI=1S/C28H31N7O/c1-17-6-11-22(12-7-17)30-27-33-26(34-28(35-27)31-23-13-8-18(2)9-14-23)29-21(5)25(36)32-24-15-10-19(3)16-20(24)4/h6-16,21H,1-5H3,(H,32,36)(H3,29,30,31,33,34,35)/t21-/m0/s1. The Morgan fingerprint density at radius 1 is 0.667 bits per heavy atom.